The van der Waals surface area contributed by atoms with Crippen LogP contribution in [-0.2, 0) is 10.0 Å². The van der Waals surface area contributed by atoms with Crippen molar-refractivity contribution in [1.29, 1.82) is 0 Å². The van der Waals surface area contributed by atoms with Crippen LogP contribution in [0.25, 0.3) is 0 Å². The molecule has 0 saturated carbocycles. The molecule has 0 saturated heterocycles. The highest BCUT2D eigenvalue weighted by Gasteiger charge is 2.22. The summed E-state index contributed by atoms with van der Waals surface area (Å²) < 4.78 is 27.7. The fourth-order valence-electron chi connectivity index (χ4n) is 2.83. The minimum Gasteiger partial charge on any atom is -0.327 e. The van der Waals surface area contributed by atoms with E-state index in [1.807, 2.05) is 42.2 Å². The molecule has 0 fully saturated rings. The van der Waals surface area contributed by atoms with Gasteiger partial charge in [-0.15, -0.1) is 0 Å². The summed E-state index contributed by atoms with van der Waals surface area (Å²) in [6.45, 7) is 6.11. The first-order chi connectivity index (χ1) is 12.4. The highest BCUT2D eigenvalue weighted by Crippen LogP contribution is 2.25. The molecule has 1 aromatic carbocycles. The zero-order chi connectivity index (χ0) is 18.7. The van der Waals surface area contributed by atoms with Crippen LogP contribution in [0, 0.1) is 13.8 Å². The zero-order valence-electron chi connectivity index (χ0n) is 14.9. The second kappa shape index (κ2) is 7.17. The average Bonchev–Trinajstić information content (AvgIpc) is 2.97. The molecule has 0 amide bonds. The van der Waals surface area contributed by atoms with Gasteiger partial charge in [0, 0.05) is 12.2 Å². The van der Waals surface area contributed by atoms with Crippen LogP contribution in [0.15, 0.2) is 53.6 Å². The van der Waals surface area contributed by atoms with Crippen LogP contribution >= 0.6 is 0 Å². The number of hydrogen-bond donors (Lipinski definition) is 2. The minimum absolute atomic E-state index is 0.168. The van der Waals surface area contributed by atoms with Gasteiger partial charge in [0.1, 0.15) is 10.7 Å². The first kappa shape index (κ1) is 17.9. The molecule has 136 valence electrons. The van der Waals surface area contributed by atoms with Gasteiger partial charge in [0.2, 0.25) is 0 Å². The zero-order valence-corrected chi connectivity index (χ0v) is 15.7. The number of hydrogen-bond acceptors (Lipinski definition) is 5. The van der Waals surface area contributed by atoms with E-state index in [-0.39, 0.29) is 4.90 Å². The lowest BCUT2D eigenvalue weighted by molar-refractivity contribution is 0.600. The van der Waals surface area contributed by atoms with E-state index in [2.05, 4.69) is 19.9 Å². The fraction of sp³-hybridized carbons (Fsp3) is 0.222. The van der Waals surface area contributed by atoms with E-state index in [0.717, 1.165) is 18.1 Å². The van der Waals surface area contributed by atoms with Crippen LogP contribution in [0.4, 0.5) is 17.2 Å². The Morgan fingerprint density at radius 3 is 2.38 bits per heavy atom. The largest absolute Gasteiger partial charge is 0.327 e. The van der Waals surface area contributed by atoms with Gasteiger partial charge in [0.05, 0.1) is 23.3 Å². The maximum absolute atomic E-state index is 12.6. The molecule has 0 bridgehead atoms. The van der Waals surface area contributed by atoms with Gasteiger partial charge >= 0.3 is 0 Å². The molecule has 0 aliphatic rings. The standard InChI is InChI=1S/C18H21N5O2S/c1-4-23(16-8-6-5-7-9-16)17-11-10-15(12-19-17)22-26(24,25)18-13(2)20-21-14(18)3/h5-12,22H,4H2,1-3H3,(H,20,21). The molecule has 0 aliphatic heterocycles. The number of aromatic nitrogens is 3. The smallest absolute Gasteiger partial charge is 0.265 e. The van der Waals surface area contributed by atoms with E-state index in [4.69, 9.17) is 0 Å². The van der Waals surface area contributed by atoms with Gasteiger partial charge in [-0.05, 0) is 45.0 Å². The quantitative estimate of drug-likeness (QED) is 0.693. The maximum Gasteiger partial charge on any atom is 0.265 e. The summed E-state index contributed by atoms with van der Waals surface area (Å²) in [5.74, 6) is 0.748. The summed E-state index contributed by atoms with van der Waals surface area (Å²) in [4.78, 5) is 6.62. The summed E-state index contributed by atoms with van der Waals surface area (Å²) in [5, 5.41) is 6.63. The summed E-state index contributed by atoms with van der Waals surface area (Å²) in [6, 6.07) is 13.4. The normalized spacial score (nSPS) is 11.3. The van der Waals surface area contributed by atoms with E-state index in [0.29, 0.717) is 17.1 Å². The number of nitrogens with zero attached hydrogens (tertiary/aromatic N) is 3. The second-order valence-electron chi connectivity index (χ2n) is 5.85. The number of benzene rings is 1. The minimum atomic E-state index is -3.72. The lowest BCUT2D eigenvalue weighted by Gasteiger charge is -2.22. The number of pyridine rings is 1. The van der Waals surface area contributed by atoms with Crippen LogP contribution in [0.5, 0.6) is 0 Å². The number of H-pyrrole nitrogens is 1. The molecule has 2 N–H and O–H groups in total. The molecule has 2 heterocycles. The molecular formula is C18H21N5O2S. The topological polar surface area (TPSA) is 91.0 Å². The Kier molecular flexibility index (Phi) is 4.94. The number of aromatic amines is 1. The van der Waals surface area contributed by atoms with Crippen LogP contribution < -0.4 is 9.62 Å². The molecule has 8 heteroatoms. The average molecular weight is 371 g/mol. The molecule has 3 aromatic rings. The van der Waals surface area contributed by atoms with E-state index < -0.39 is 10.0 Å². The summed E-state index contributed by atoms with van der Waals surface area (Å²) >= 11 is 0. The third-order valence-corrected chi connectivity index (χ3v) is 5.63. The molecule has 2 aromatic heterocycles. The van der Waals surface area contributed by atoms with Crippen LogP contribution in [-0.4, -0.2) is 30.1 Å². The van der Waals surface area contributed by atoms with E-state index in [1.54, 1.807) is 26.0 Å². The summed E-state index contributed by atoms with van der Waals surface area (Å²) in [5.41, 5.74) is 2.36. The molecule has 0 atom stereocenters. The van der Waals surface area contributed by atoms with Gasteiger partial charge in [-0.2, -0.15) is 5.10 Å². The molecule has 0 radical (unpaired) electrons. The Balaban J connectivity index is 1.84. The third-order valence-electron chi connectivity index (χ3n) is 3.99. The van der Waals surface area contributed by atoms with Crippen molar-refractivity contribution in [2.45, 2.75) is 25.7 Å². The van der Waals surface area contributed by atoms with Crippen molar-refractivity contribution in [3.63, 3.8) is 0 Å². The number of anilines is 3. The van der Waals surface area contributed by atoms with Gasteiger partial charge < -0.3 is 4.90 Å². The Labute approximate surface area is 153 Å². The summed E-state index contributed by atoms with van der Waals surface area (Å²) in [6.07, 6.45) is 1.52. The van der Waals surface area contributed by atoms with Gasteiger partial charge in [-0.3, -0.25) is 9.82 Å². The Bertz CT molecular complexity index is 963. The van der Waals surface area contributed by atoms with E-state index in [9.17, 15) is 8.42 Å². The van der Waals surface area contributed by atoms with Crippen molar-refractivity contribution in [3.05, 3.63) is 60.0 Å². The van der Waals surface area contributed by atoms with Crippen molar-refractivity contribution < 1.29 is 8.42 Å². The summed E-state index contributed by atoms with van der Waals surface area (Å²) in [7, 11) is -3.72. The molecule has 0 unspecified atom stereocenters. The highest BCUT2D eigenvalue weighted by atomic mass is 32.2. The first-order valence-electron chi connectivity index (χ1n) is 8.25. The maximum atomic E-state index is 12.6. The second-order valence-corrected chi connectivity index (χ2v) is 7.47. The lowest BCUT2D eigenvalue weighted by atomic mass is 10.3. The Morgan fingerprint density at radius 2 is 1.85 bits per heavy atom. The number of nitrogens with one attached hydrogen (secondary N) is 2. The van der Waals surface area contributed by atoms with E-state index >= 15 is 0 Å². The Morgan fingerprint density at radius 1 is 1.12 bits per heavy atom. The van der Waals surface area contributed by atoms with Crippen LogP contribution in [0.2, 0.25) is 0 Å². The third kappa shape index (κ3) is 3.55. The monoisotopic (exact) mass is 371 g/mol. The van der Waals surface area contributed by atoms with Crippen LogP contribution in [0.3, 0.4) is 0 Å². The van der Waals surface area contributed by atoms with Gasteiger partial charge in [-0.1, -0.05) is 18.2 Å². The van der Waals surface area contributed by atoms with Crippen molar-refractivity contribution in [2.75, 3.05) is 16.2 Å². The highest BCUT2D eigenvalue weighted by molar-refractivity contribution is 7.92. The van der Waals surface area contributed by atoms with Gasteiger partial charge in [0.25, 0.3) is 10.0 Å². The molecule has 0 spiro atoms. The number of rotatable bonds is 6. The lowest BCUT2D eigenvalue weighted by Crippen LogP contribution is -2.18. The molecule has 26 heavy (non-hydrogen) atoms. The number of sulfonamides is 1. The Hall–Kier alpha value is -2.87. The molecule has 7 nitrogen and oxygen atoms in total. The molecular weight excluding hydrogens is 350 g/mol. The van der Waals surface area contributed by atoms with Crippen LogP contribution in [0.1, 0.15) is 18.3 Å². The van der Waals surface area contributed by atoms with Crippen molar-refractivity contribution >= 4 is 27.2 Å². The van der Waals surface area contributed by atoms with Crippen molar-refractivity contribution in [1.82, 2.24) is 15.2 Å². The SMILES string of the molecule is CCN(c1ccccc1)c1ccc(NS(=O)(=O)c2c(C)n[nH]c2C)cn1. The van der Waals surface area contributed by atoms with Gasteiger partial charge in [0.15, 0.2) is 0 Å². The first-order valence-corrected chi connectivity index (χ1v) is 9.73. The van der Waals surface area contributed by atoms with E-state index in [1.165, 1.54) is 6.20 Å². The predicted molar refractivity (Wildman–Crippen MR) is 102 cm³/mol. The van der Waals surface area contributed by atoms with Crippen molar-refractivity contribution in [3.8, 4) is 0 Å². The van der Waals surface area contributed by atoms with Gasteiger partial charge in [-0.25, -0.2) is 13.4 Å². The van der Waals surface area contributed by atoms with Crippen molar-refractivity contribution in [2.24, 2.45) is 0 Å². The number of aryl methyl sites for hydroxylation is 2. The predicted octanol–water partition coefficient (Wildman–Crippen LogP) is 3.38. The number of para-hydroxylation sites is 1. The fourth-order valence-corrected chi connectivity index (χ4v) is 4.25. The molecule has 0 aliphatic carbocycles. The molecule has 3 rings (SSSR count).